The van der Waals surface area contributed by atoms with E-state index in [4.69, 9.17) is 4.84 Å². The minimum atomic E-state index is -2.51. The molecule has 0 atom stereocenters. The van der Waals surface area contributed by atoms with Crippen LogP contribution in [0.25, 0.3) is 0 Å². The lowest BCUT2D eigenvalue weighted by Crippen LogP contribution is -1.96. The average Bonchev–Trinajstić information content (AvgIpc) is 2.52. The maximum atomic E-state index is 12.8. The number of oxime groups is 1. The fourth-order valence-corrected chi connectivity index (χ4v) is 2.06. The van der Waals surface area contributed by atoms with E-state index in [0.717, 1.165) is 17.5 Å². The summed E-state index contributed by atoms with van der Waals surface area (Å²) in [5, 5.41) is 3.88. The number of hydrogen-bond acceptors (Lipinski definition) is 2. The molecule has 0 saturated carbocycles. The second-order valence-electron chi connectivity index (χ2n) is 4.56. The minimum Gasteiger partial charge on any atom is -0.391 e. The van der Waals surface area contributed by atoms with E-state index in [-0.39, 0.29) is 12.2 Å². The number of nitrogens with zero attached hydrogens (tertiary/aromatic N) is 1. The Balaban J connectivity index is 2.00. The van der Waals surface area contributed by atoms with Gasteiger partial charge in [-0.25, -0.2) is 8.78 Å². The Hall–Kier alpha value is -2.23. The summed E-state index contributed by atoms with van der Waals surface area (Å²) in [5.74, 6) is 0. The molecule has 0 aliphatic heterocycles. The Morgan fingerprint density at radius 1 is 1.05 bits per heavy atom. The molecule has 2 aromatic rings. The van der Waals surface area contributed by atoms with Crippen LogP contribution < -0.4 is 0 Å². The Kier molecular flexibility index (Phi) is 5.43. The van der Waals surface area contributed by atoms with Crippen LogP contribution in [0, 0.1) is 0 Å². The third kappa shape index (κ3) is 4.12. The number of aryl methyl sites for hydroxylation is 1. The third-order valence-electron chi connectivity index (χ3n) is 3.21. The molecule has 0 aliphatic carbocycles. The molecule has 21 heavy (non-hydrogen) atoms. The van der Waals surface area contributed by atoms with Gasteiger partial charge in [0.1, 0.15) is 6.61 Å². The number of rotatable bonds is 6. The van der Waals surface area contributed by atoms with Crippen molar-refractivity contribution in [1.29, 1.82) is 0 Å². The molecule has 0 fully saturated rings. The van der Waals surface area contributed by atoms with Crippen LogP contribution in [0.5, 0.6) is 0 Å². The lowest BCUT2D eigenvalue weighted by molar-refractivity contribution is 0.120. The zero-order chi connectivity index (χ0) is 15.1. The van der Waals surface area contributed by atoms with Crippen molar-refractivity contribution in [3.05, 3.63) is 70.8 Å². The Morgan fingerprint density at radius 3 is 2.43 bits per heavy atom. The fourth-order valence-electron chi connectivity index (χ4n) is 2.06. The molecule has 0 radical (unpaired) electrons. The summed E-state index contributed by atoms with van der Waals surface area (Å²) in [5.41, 5.74) is 2.58. The topological polar surface area (TPSA) is 21.6 Å². The zero-order valence-electron chi connectivity index (χ0n) is 11.8. The summed E-state index contributed by atoms with van der Waals surface area (Å²) in [6.07, 6.45) is 0.00911. The largest absolute Gasteiger partial charge is 0.391 e. The standard InChI is InChI=1S/C17H17F2NO/c1-2-13-7-3-4-8-14(13)11-20-21-12-15-9-5-6-10-16(15)17(18)19/h3-11,17H,2,12H2,1H3. The SMILES string of the molecule is CCc1ccccc1C=NOCc1ccccc1C(F)F. The van der Waals surface area contributed by atoms with Gasteiger partial charge >= 0.3 is 0 Å². The first-order chi connectivity index (χ1) is 10.2. The van der Waals surface area contributed by atoms with Crippen LogP contribution in [0.3, 0.4) is 0 Å². The molecule has 0 unspecified atom stereocenters. The van der Waals surface area contributed by atoms with E-state index in [1.807, 2.05) is 24.3 Å². The molecule has 0 aliphatic rings. The van der Waals surface area contributed by atoms with Crippen molar-refractivity contribution in [2.45, 2.75) is 26.4 Å². The van der Waals surface area contributed by atoms with E-state index in [2.05, 4.69) is 12.1 Å². The molecule has 0 aromatic heterocycles. The second-order valence-corrected chi connectivity index (χ2v) is 4.56. The quantitative estimate of drug-likeness (QED) is 0.556. The normalized spacial score (nSPS) is 11.2. The fraction of sp³-hybridized carbons (Fsp3) is 0.235. The number of halogens is 2. The second kappa shape index (κ2) is 7.53. The van der Waals surface area contributed by atoms with Gasteiger partial charge in [0, 0.05) is 11.1 Å². The molecule has 0 saturated heterocycles. The maximum Gasteiger partial charge on any atom is 0.264 e. The van der Waals surface area contributed by atoms with E-state index in [0.29, 0.717) is 5.56 Å². The number of hydrogen-bond donors (Lipinski definition) is 0. The zero-order valence-corrected chi connectivity index (χ0v) is 11.8. The summed E-state index contributed by atoms with van der Waals surface area (Å²) in [6, 6.07) is 14.2. The van der Waals surface area contributed by atoms with E-state index in [9.17, 15) is 8.78 Å². The van der Waals surface area contributed by atoms with Crippen LogP contribution in [0.4, 0.5) is 8.78 Å². The highest BCUT2D eigenvalue weighted by Gasteiger charge is 2.11. The van der Waals surface area contributed by atoms with Crippen LogP contribution in [0.1, 0.15) is 35.6 Å². The van der Waals surface area contributed by atoms with Gasteiger partial charge in [-0.1, -0.05) is 60.6 Å². The lowest BCUT2D eigenvalue weighted by atomic mass is 10.1. The molecular weight excluding hydrogens is 272 g/mol. The summed E-state index contributed by atoms with van der Waals surface area (Å²) in [7, 11) is 0. The number of benzene rings is 2. The average molecular weight is 289 g/mol. The summed E-state index contributed by atoms with van der Waals surface area (Å²) in [6.45, 7) is 2.09. The Bertz CT molecular complexity index is 611. The van der Waals surface area contributed by atoms with Gasteiger partial charge in [0.15, 0.2) is 0 Å². The highest BCUT2D eigenvalue weighted by Crippen LogP contribution is 2.23. The van der Waals surface area contributed by atoms with Crippen molar-refractivity contribution in [2.24, 2.45) is 5.16 Å². The molecule has 2 aromatic carbocycles. The van der Waals surface area contributed by atoms with Gasteiger partial charge in [-0.3, -0.25) is 0 Å². The van der Waals surface area contributed by atoms with Crippen LogP contribution in [0.2, 0.25) is 0 Å². The predicted octanol–water partition coefficient (Wildman–Crippen LogP) is 4.74. The number of alkyl halides is 2. The van der Waals surface area contributed by atoms with Crippen LogP contribution in [-0.4, -0.2) is 6.21 Å². The highest BCUT2D eigenvalue weighted by atomic mass is 19.3. The van der Waals surface area contributed by atoms with Crippen molar-refractivity contribution < 1.29 is 13.6 Å². The molecule has 0 heterocycles. The first-order valence-electron chi connectivity index (χ1n) is 6.81. The van der Waals surface area contributed by atoms with Crippen LogP contribution >= 0.6 is 0 Å². The smallest absolute Gasteiger partial charge is 0.264 e. The van der Waals surface area contributed by atoms with E-state index >= 15 is 0 Å². The van der Waals surface area contributed by atoms with Gasteiger partial charge in [-0.2, -0.15) is 0 Å². The lowest BCUT2D eigenvalue weighted by Gasteiger charge is -2.07. The Morgan fingerprint density at radius 2 is 1.71 bits per heavy atom. The molecule has 0 amide bonds. The first kappa shape index (κ1) is 15.2. The minimum absolute atomic E-state index is 0.0124. The Labute approximate surface area is 123 Å². The monoisotopic (exact) mass is 289 g/mol. The van der Waals surface area contributed by atoms with Gasteiger partial charge < -0.3 is 4.84 Å². The molecule has 0 spiro atoms. The maximum absolute atomic E-state index is 12.8. The molecule has 0 N–H and O–H groups in total. The molecule has 2 nitrogen and oxygen atoms in total. The van der Waals surface area contributed by atoms with Crippen molar-refractivity contribution >= 4 is 6.21 Å². The van der Waals surface area contributed by atoms with E-state index < -0.39 is 6.43 Å². The van der Waals surface area contributed by atoms with Crippen molar-refractivity contribution in [1.82, 2.24) is 0 Å². The summed E-state index contributed by atoms with van der Waals surface area (Å²) in [4.78, 5) is 5.15. The van der Waals surface area contributed by atoms with Gasteiger partial charge in [0.2, 0.25) is 0 Å². The molecular formula is C17H17F2NO. The van der Waals surface area contributed by atoms with Crippen LogP contribution in [-0.2, 0) is 17.9 Å². The van der Waals surface area contributed by atoms with Gasteiger partial charge in [0.25, 0.3) is 6.43 Å². The third-order valence-corrected chi connectivity index (χ3v) is 3.21. The van der Waals surface area contributed by atoms with E-state index in [1.165, 1.54) is 6.07 Å². The van der Waals surface area contributed by atoms with E-state index in [1.54, 1.807) is 24.4 Å². The summed E-state index contributed by atoms with van der Waals surface area (Å²) >= 11 is 0. The molecule has 4 heteroatoms. The van der Waals surface area contributed by atoms with Gasteiger partial charge in [0.05, 0.1) is 6.21 Å². The van der Waals surface area contributed by atoms with Crippen LogP contribution in [0.15, 0.2) is 53.7 Å². The van der Waals surface area contributed by atoms with Crippen molar-refractivity contribution in [3.63, 3.8) is 0 Å². The van der Waals surface area contributed by atoms with Crippen molar-refractivity contribution in [2.75, 3.05) is 0 Å². The van der Waals surface area contributed by atoms with Crippen molar-refractivity contribution in [3.8, 4) is 0 Å². The summed E-state index contributed by atoms with van der Waals surface area (Å²) < 4.78 is 25.6. The molecule has 110 valence electrons. The predicted molar refractivity (Wildman–Crippen MR) is 79.6 cm³/mol. The molecule has 0 bridgehead atoms. The highest BCUT2D eigenvalue weighted by molar-refractivity contribution is 5.81. The van der Waals surface area contributed by atoms with Gasteiger partial charge in [-0.15, -0.1) is 0 Å². The molecule has 2 rings (SSSR count). The first-order valence-corrected chi connectivity index (χ1v) is 6.81. The van der Waals surface area contributed by atoms with Gasteiger partial charge in [-0.05, 0) is 17.5 Å².